The molecule has 0 spiro atoms. The van der Waals surface area contributed by atoms with E-state index in [1.807, 2.05) is 80.1 Å². The van der Waals surface area contributed by atoms with Crippen molar-refractivity contribution >= 4 is 0 Å². The molecular weight excluding hydrogens is 442 g/mol. The van der Waals surface area contributed by atoms with Crippen LogP contribution in [-0.4, -0.2) is 58.8 Å². The Morgan fingerprint density at radius 1 is 0.971 bits per heavy atom. The van der Waals surface area contributed by atoms with Crippen LogP contribution in [0.25, 0.3) is 5.69 Å². The van der Waals surface area contributed by atoms with Gasteiger partial charge < -0.3 is 19.3 Å². The molecule has 0 amide bonds. The van der Waals surface area contributed by atoms with Crippen LogP contribution in [0.15, 0.2) is 54.6 Å². The molecule has 7 nitrogen and oxygen atoms in total. The zero-order valence-electron chi connectivity index (χ0n) is 21.8. The molecule has 0 fully saturated rings. The fourth-order valence-corrected chi connectivity index (χ4v) is 3.94. The molecule has 0 aliphatic heterocycles. The number of aromatic nitrogens is 2. The minimum Gasteiger partial charge on any atom is -0.497 e. The topological polar surface area (TPSA) is 69.0 Å². The van der Waals surface area contributed by atoms with Gasteiger partial charge in [0.2, 0.25) is 5.88 Å². The fourth-order valence-electron chi connectivity index (χ4n) is 3.94. The summed E-state index contributed by atoms with van der Waals surface area (Å²) in [5, 5.41) is 15.5. The van der Waals surface area contributed by atoms with Gasteiger partial charge in [-0.15, -0.1) is 0 Å². The predicted molar refractivity (Wildman–Crippen MR) is 139 cm³/mol. The number of hydrogen-bond acceptors (Lipinski definition) is 6. The van der Waals surface area contributed by atoms with E-state index < -0.39 is 6.10 Å². The Kier molecular flexibility index (Phi) is 9.72. The molecule has 1 heterocycles. The lowest BCUT2D eigenvalue weighted by molar-refractivity contribution is -0.0109. The molecule has 1 atom stereocenters. The molecule has 3 aromatic rings. The Labute approximate surface area is 209 Å². The van der Waals surface area contributed by atoms with E-state index in [4.69, 9.17) is 19.3 Å². The summed E-state index contributed by atoms with van der Waals surface area (Å²) in [7, 11) is 1.64. The molecule has 35 heavy (non-hydrogen) atoms. The Hall–Kier alpha value is -2.87. The number of aryl methyl sites for hydroxylation is 1. The lowest BCUT2D eigenvalue weighted by Gasteiger charge is -2.27. The molecule has 2 aromatic carbocycles. The number of para-hydroxylation sites is 1. The van der Waals surface area contributed by atoms with Crippen LogP contribution in [0.4, 0.5) is 0 Å². The number of rotatable bonds is 13. The van der Waals surface area contributed by atoms with Crippen molar-refractivity contribution in [3.63, 3.8) is 0 Å². The first-order valence-electron chi connectivity index (χ1n) is 12.2. The maximum Gasteiger partial charge on any atom is 0.227 e. The molecule has 0 aliphatic rings. The van der Waals surface area contributed by atoms with Gasteiger partial charge in [0.05, 0.1) is 42.9 Å². The number of hydrogen-bond donors (Lipinski definition) is 1. The highest BCUT2D eigenvalue weighted by Gasteiger charge is 2.23. The number of aliphatic hydroxyl groups is 1. The van der Waals surface area contributed by atoms with Crippen molar-refractivity contribution in [3.05, 3.63) is 65.9 Å². The predicted octanol–water partition coefficient (Wildman–Crippen LogP) is 5.23. The number of methoxy groups -OCH3 is 1. The van der Waals surface area contributed by atoms with E-state index in [0.717, 1.165) is 29.2 Å². The van der Waals surface area contributed by atoms with E-state index >= 15 is 0 Å². The summed E-state index contributed by atoms with van der Waals surface area (Å²) in [6, 6.07) is 17.5. The standard InChI is InChI=1S/C28H39N3O4/c1-20(2)16-30(17-24(32)19-34-21(3)4)18-27-22(5)29-31(23-11-8-7-9-12-23)28(27)35-26-14-10-13-25(15-26)33-6/h7-15,20-21,24,32H,16-19H2,1-6H3/t24-/m0/s1. The number of benzene rings is 2. The van der Waals surface area contributed by atoms with E-state index in [1.165, 1.54) is 0 Å². The maximum atomic E-state index is 10.6. The largest absolute Gasteiger partial charge is 0.497 e. The van der Waals surface area contributed by atoms with Gasteiger partial charge in [-0.25, -0.2) is 4.68 Å². The first-order chi connectivity index (χ1) is 16.8. The van der Waals surface area contributed by atoms with Gasteiger partial charge in [-0.3, -0.25) is 4.90 Å². The van der Waals surface area contributed by atoms with E-state index in [-0.39, 0.29) is 6.10 Å². The summed E-state index contributed by atoms with van der Waals surface area (Å²) in [6.45, 7) is 12.5. The molecule has 1 N–H and O–H groups in total. The highest BCUT2D eigenvalue weighted by molar-refractivity contribution is 5.44. The number of ether oxygens (including phenoxy) is 3. The van der Waals surface area contributed by atoms with E-state index in [2.05, 4.69) is 18.7 Å². The monoisotopic (exact) mass is 481 g/mol. The van der Waals surface area contributed by atoms with Gasteiger partial charge in [-0.2, -0.15) is 5.10 Å². The van der Waals surface area contributed by atoms with E-state index in [1.54, 1.807) is 7.11 Å². The molecule has 7 heteroatoms. The van der Waals surface area contributed by atoms with Crippen LogP contribution in [0, 0.1) is 12.8 Å². The summed E-state index contributed by atoms with van der Waals surface area (Å²) in [4.78, 5) is 2.25. The quantitative estimate of drug-likeness (QED) is 0.361. The Bertz CT molecular complexity index is 1050. The molecule has 0 radical (unpaired) electrons. The van der Waals surface area contributed by atoms with E-state index in [9.17, 15) is 5.11 Å². The Balaban J connectivity index is 1.96. The molecule has 1 aromatic heterocycles. The van der Waals surface area contributed by atoms with Crippen LogP contribution in [0.1, 0.15) is 39.0 Å². The van der Waals surface area contributed by atoms with Gasteiger partial charge in [-0.1, -0.05) is 38.1 Å². The zero-order valence-corrected chi connectivity index (χ0v) is 21.8. The minimum atomic E-state index is -0.580. The van der Waals surface area contributed by atoms with Crippen molar-refractivity contribution in [2.45, 2.75) is 53.4 Å². The average molecular weight is 482 g/mol. The van der Waals surface area contributed by atoms with Crippen molar-refractivity contribution < 1.29 is 19.3 Å². The average Bonchev–Trinajstić information content (AvgIpc) is 3.12. The zero-order chi connectivity index (χ0) is 25.4. The SMILES string of the molecule is COc1cccc(Oc2c(CN(CC(C)C)C[C@H](O)COC(C)C)c(C)nn2-c2ccccc2)c1. The number of nitrogens with zero attached hydrogens (tertiary/aromatic N) is 3. The molecule has 0 saturated carbocycles. The lowest BCUT2D eigenvalue weighted by Crippen LogP contribution is -2.37. The first-order valence-corrected chi connectivity index (χ1v) is 12.2. The summed E-state index contributed by atoms with van der Waals surface area (Å²) in [6.07, 6.45) is -0.499. The summed E-state index contributed by atoms with van der Waals surface area (Å²) in [5.41, 5.74) is 2.78. The molecule has 0 unspecified atom stereocenters. The highest BCUT2D eigenvalue weighted by Crippen LogP contribution is 2.33. The maximum absolute atomic E-state index is 10.6. The Morgan fingerprint density at radius 3 is 2.34 bits per heavy atom. The Morgan fingerprint density at radius 2 is 1.69 bits per heavy atom. The second kappa shape index (κ2) is 12.7. The third-order valence-electron chi connectivity index (χ3n) is 5.49. The summed E-state index contributed by atoms with van der Waals surface area (Å²) in [5.74, 6) is 2.48. The normalized spacial score (nSPS) is 12.5. The molecular formula is C28H39N3O4. The van der Waals surface area contributed by atoms with Gasteiger partial charge in [0.1, 0.15) is 11.5 Å². The second-order valence-electron chi connectivity index (χ2n) is 9.52. The van der Waals surface area contributed by atoms with Crippen LogP contribution in [0.2, 0.25) is 0 Å². The van der Waals surface area contributed by atoms with Gasteiger partial charge >= 0.3 is 0 Å². The molecule has 0 saturated heterocycles. The lowest BCUT2D eigenvalue weighted by atomic mass is 10.1. The molecule has 0 bridgehead atoms. The van der Waals surface area contributed by atoms with Gasteiger partial charge in [-0.05, 0) is 51.0 Å². The smallest absolute Gasteiger partial charge is 0.227 e. The van der Waals surface area contributed by atoms with Crippen LogP contribution < -0.4 is 9.47 Å². The van der Waals surface area contributed by atoms with Crippen molar-refractivity contribution in [1.29, 1.82) is 0 Å². The van der Waals surface area contributed by atoms with Crippen LogP contribution in [0.3, 0.4) is 0 Å². The summed E-state index contributed by atoms with van der Waals surface area (Å²) >= 11 is 0. The fraction of sp³-hybridized carbons (Fsp3) is 0.464. The highest BCUT2D eigenvalue weighted by atomic mass is 16.5. The van der Waals surface area contributed by atoms with Crippen molar-refractivity contribution in [2.24, 2.45) is 5.92 Å². The minimum absolute atomic E-state index is 0.0809. The third-order valence-corrected chi connectivity index (χ3v) is 5.49. The van der Waals surface area contributed by atoms with Crippen molar-refractivity contribution in [3.8, 4) is 23.1 Å². The third kappa shape index (κ3) is 7.82. The van der Waals surface area contributed by atoms with Gasteiger partial charge in [0, 0.05) is 25.7 Å². The van der Waals surface area contributed by atoms with E-state index in [0.29, 0.717) is 37.2 Å². The van der Waals surface area contributed by atoms with Crippen LogP contribution in [-0.2, 0) is 11.3 Å². The first kappa shape index (κ1) is 26.7. The molecule has 0 aliphatic carbocycles. The molecule has 190 valence electrons. The van der Waals surface area contributed by atoms with Gasteiger partial charge in [0.25, 0.3) is 0 Å². The van der Waals surface area contributed by atoms with Crippen LogP contribution in [0.5, 0.6) is 17.4 Å². The molecule has 3 rings (SSSR count). The number of aliphatic hydroxyl groups excluding tert-OH is 1. The van der Waals surface area contributed by atoms with Crippen molar-refractivity contribution in [2.75, 3.05) is 26.8 Å². The second-order valence-corrected chi connectivity index (χ2v) is 9.52. The van der Waals surface area contributed by atoms with Crippen molar-refractivity contribution in [1.82, 2.24) is 14.7 Å². The van der Waals surface area contributed by atoms with Crippen LogP contribution >= 0.6 is 0 Å². The summed E-state index contributed by atoms with van der Waals surface area (Å²) < 4.78 is 19.3. The van der Waals surface area contributed by atoms with Gasteiger partial charge in [0.15, 0.2) is 0 Å².